The number of amides is 2. The van der Waals surface area contributed by atoms with E-state index in [9.17, 15) is 9.59 Å². The molecule has 1 fully saturated rings. The standard InChI is InChI=1S/C22H22Cl3N5O2/c1-27(2)20(31)13-30-12-16(15-4-3-14(23)9-19(15)30)22(32)29-7-5-28(6-8-29)21-17(24)10-26-11-18(21)25/h3-4,9-12H,5-8,13H2,1-2H3. The SMILES string of the molecule is CN(C)C(=O)Cn1cc(C(=O)N2CCN(c3c(Cl)cncc3Cl)CC2)c2ccc(Cl)cc21. The van der Waals surface area contributed by atoms with Gasteiger partial charge in [0.2, 0.25) is 5.91 Å². The van der Waals surface area contributed by atoms with Crippen LogP contribution >= 0.6 is 34.8 Å². The average Bonchev–Trinajstić information content (AvgIpc) is 3.11. The zero-order valence-corrected chi connectivity index (χ0v) is 20.0. The molecule has 168 valence electrons. The maximum absolute atomic E-state index is 13.4. The molecule has 0 atom stereocenters. The Bertz CT molecular complexity index is 1170. The van der Waals surface area contributed by atoms with Crippen LogP contribution in [0.3, 0.4) is 0 Å². The summed E-state index contributed by atoms with van der Waals surface area (Å²) in [4.78, 5) is 35.1. The third kappa shape index (κ3) is 4.37. The minimum absolute atomic E-state index is 0.0689. The van der Waals surface area contributed by atoms with Crippen molar-refractivity contribution in [1.82, 2.24) is 19.4 Å². The molecule has 4 rings (SSSR count). The summed E-state index contributed by atoms with van der Waals surface area (Å²) in [6.45, 7) is 2.36. The molecule has 7 nitrogen and oxygen atoms in total. The van der Waals surface area contributed by atoms with E-state index in [4.69, 9.17) is 34.8 Å². The van der Waals surface area contributed by atoms with E-state index in [2.05, 4.69) is 9.88 Å². The van der Waals surface area contributed by atoms with Crippen molar-refractivity contribution in [3.63, 3.8) is 0 Å². The Morgan fingerprint density at radius 1 is 1.03 bits per heavy atom. The topological polar surface area (TPSA) is 61.7 Å². The lowest BCUT2D eigenvalue weighted by molar-refractivity contribution is -0.129. The molecule has 2 aromatic heterocycles. The highest BCUT2D eigenvalue weighted by atomic mass is 35.5. The number of fused-ring (bicyclic) bond motifs is 1. The lowest BCUT2D eigenvalue weighted by Crippen LogP contribution is -2.49. The highest BCUT2D eigenvalue weighted by Gasteiger charge is 2.27. The molecular formula is C22H22Cl3N5O2. The molecule has 3 aromatic rings. The minimum Gasteiger partial charge on any atom is -0.365 e. The Morgan fingerprint density at radius 2 is 1.69 bits per heavy atom. The van der Waals surface area contributed by atoms with Gasteiger partial charge in [0.15, 0.2) is 0 Å². The molecule has 1 aliphatic rings. The average molecular weight is 495 g/mol. The summed E-state index contributed by atoms with van der Waals surface area (Å²) in [7, 11) is 3.40. The maximum atomic E-state index is 13.4. The second-order valence-electron chi connectivity index (χ2n) is 7.85. The van der Waals surface area contributed by atoms with Crippen LogP contribution in [-0.2, 0) is 11.3 Å². The molecule has 0 saturated carbocycles. The van der Waals surface area contributed by atoms with E-state index in [1.165, 1.54) is 4.90 Å². The number of piperazine rings is 1. The highest BCUT2D eigenvalue weighted by Crippen LogP contribution is 2.33. The van der Waals surface area contributed by atoms with Gasteiger partial charge < -0.3 is 19.3 Å². The van der Waals surface area contributed by atoms with E-state index >= 15 is 0 Å². The van der Waals surface area contributed by atoms with Crippen LogP contribution in [0.15, 0.2) is 36.8 Å². The molecule has 2 amide bonds. The minimum atomic E-state index is -0.0834. The number of aromatic nitrogens is 2. The van der Waals surface area contributed by atoms with Crippen LogP contribution in [-0.4, -0.2) is 71.4 Å². The quantitative estimate of drug-likeness (QED) is 0.549. The van der Waals surface area contributed by atoms with Gasteiger partial charge in [-0.1, -0.05) is 40.9 Å². The molecule has 1 aromatic carbocycles. The van der Waals surface area contributed by atoms with E-state index in [1.54, 1.807) is 54.3 Å². The van der Waals surface area contributed by atoms with Crippen LogP contribution in [0.4, 0.5) is 5.69 Å². The Kier molecular flexibility index (Phi) is 6.51. The fourth-order valence-corrected chi connectivity index (χ4v) is 4.63. The zero-order valence-electron chi connectivity index (χ0n) is 17.7. The maximum Gasteiger partial charge on any atom is 0.256 e. The number of anilines is 1. The molecule has 0 spiro atoms. The number of likely N-dealkylation sites (N-methyl/N-ethyl adjacent to an activating group) is 1. The number of carbonyl (C=O) groups excluding carboxylic acids is 2. The normalized spacial score (nSPS) is 14.2. The highest BCUT2D eigenvalue weighted by molar-refractivity contribution is 6.39. The number of carbonyl (C=O) groups is 2. The zero-order chi connectivity index (χ0) is 23.0. The number of halogens is 3. The van der Waals surface area contributed by atoms with Crippen molar-refractivity contribution in [2.24, 2.45) is 0 Å². The third-order valence-electron chi connectivity index (χ3n) is 5.59. The van der Waals surface area contributed by atoms with E-state index in [0.29, 0.717) is 46.8 Å². The number of hydrogen-bond acceptors (Lipinski definition) is 4. The fourth-order valence-electron chi connectivity index (χ4n) is 3.86. The van der Waals surface area contributed by atoms with Gasteiger partial charge in [0.25, 0.3) is 5.91 Å². The smallest absolute Gasteiger partial charge is 0.256 e. The van der Waals surface area contributed by atoms with Crippen LogP contribution in [0.25, 0.3) is 10.9 Å². The van der Waals surface area contributed by atoms with E-state index in [-0.39, 0.29) is 18.4 Å². The molecule has 3 heterocycles. The van der Waals surface area contributed by atoms with Gasteiger partial charge in [-0.2, -0.15) is 0 Å². The summed E-state index contributed by atoms with van der Waals surface area (Å²) in [6, 6.07) is 5.36. The van der Waals surface area contributed by atoms with Gasteiger partial charge in [-0.25, -0.2) is 0 Å². The molecule has 32 heavy (non-hydrogen) atoms. The second kappa shape index (κ2) is 9.17. The van der Waals surface area contributed by atoms with Gasteiger partial charge in [0.1, 0.15) is 6.54 Å². The predicted octanol–water partition coefficient (Wildman–Crippen LogP) is 4.05. The Balaban J connectivity index is 1.57. The number of nitrogens with zero attached hydrogens (tertiary/aromatic N) is 5. The predicted molar refractivity (Wildman–Crippen MR) is 128 cm³/mol. The first-order valence-corrected chi connectivity index (χ1v) is 11.2. The molecule has 0 N–H and O–H groups in total. The monoisotopic (exact) mass is 493 g/mol. The Morgan fingerprint density at radius 3 is 2.31 bits per heavy atom. The lowest BCUT2D eigenvalue weighted by atomic mass is 10.1. The fraction of sp³-hybridized carbons (Fsp3) is 0.318. The van der Waals surface area contributed by atoms with Gasteiger partial charge in [0, 0.05) is 69.3 Å². The van der Waals surface area contributed by atoms with Crippen LogP contribution in [0.2, 0.25) is 15.1 Å². The van der Waals surface area contributed by atoms with Crippen molar-refractivity contribution in [2.45, 2.75) is 6.54 Å². The number of benzene rings is 1. The number of hydrogen-bond donors (Lipinski definition) is 0. The second-order valence-corrected chi connectivity index (χ2v) is 9.10. The Labute approximate surface area is 201 Å². The van der Waals surface area contributed by atoms with Gasteiger partial charge in [-0.15, -0.1) is 0 Å². The lowest BCUT2D eigenvalue weighted by Gasteiger charge is -2.36. The van der Waals surface area contributed by atoms with Gasteiger partial charge in [-0.05, 0) is 12.1 Å². The molecule has 0 radical (unpaired) electrons. The molecule has 10 heteroatoms. The van der Waals surface area contributed by atoms with Crippen molar-refractivity contribution < 1.29 is 9.59 Å². The third-order valence-corrected chi connectivity index (χ3v) is 6.38. The Hall–Kier alpha value is -2.48. The van der Waals surface area contributed by atoms with E-state index < -0.39 is 0 Å². The molecular weight excluding hydrogens is 473 g/mol. The summed E-state index contributed by atoms with van der Waals surface area (Å²) in [5, 5.41) is 2.30. The summed E-state index contributed by atoms with van der Waals surface area (Å²) >= 11 is 18.8. The summed E-state index contributed by atoms with van der Waals surface area (Å²) < 4.78 is 1.78. The first-order chi connectivity index (χ1) is 15.3. The number of pyridine rings is 1. The van der Waals surface area contributed by atoms with Crippen molar-refractivity contribution in [2.75, 3.05) is 45.2 Å². The first-order valence-electron chi connectivity index (χ1n) is 10.1. The van der Waals surface area contributed by atoms with Crippen LogP contribution < -0.4 is 4.90 Å². The molecule has 1 saturated heterocycles. The van der Waals surface area contributed by atoms with E-state index in [1.807, 2.05) is 6.07 Å². The largest absolute Gasteiger partial charge is 0.365 e. The van der Waals surface area contributed by atoms with Gasteiger partial charge in [0.05, 0.1) is 26.8 Å². The van der Waals surface area contributed by atoms with Crippen molar-refractivity contribution in [3.8, 4) is 0 Å². The van der Waals surface area contributed by atoms with Crippen LogP contribution in [0, 0.1) is 0 Å². The summed E-state index contributed by atoms with van der Waals surface area (Å²) in [5.74, 6) is -0.152. The molecule has 0 unspecified atom stereocenters. The number of rotatable bonds is 4. The van der Waals surface area contributed by atoms with Gasteiger partial charge in [-0.3, -0.25) is 14.6 Å². The summed E-state index contributed by atoms with van der Waals surface area (Å²) in [6.07, 6.45) is 4.87. The molecule has 0 aliphatic carbocycles. The van der Waals surface area contributed by atoms with Crippen molar-refractivity contribution in [1.29, 1.82) is 0 Å². The van der Waals surface area contributed by atoms with Crippen molar-refractivity contribution >= 4 is 63.2 Å². The van der Waals surface area contributed by atoms with Gasteiger partial charge >= 0.3 is 0 Å². The van der Waals surface area contributed by atoms with Crippen LogP contribution in [0.1, 0.15) is 10.4 Å². The first kappa shape index (κ1) is 22.7. The summed E-state index contributed by atoms with van der Waals surface area (Å²) in [5.41, 5.74) is 2.05. The molecule has 1 aliphatic heterocycles. The molecule has 0 bridgehead atoms. The van der Waals surface area contributed by atoms with E-state index in [0.717, 1.165) is 16.6 Å². The van der Waals surface area contributed by atoms with Crippen molar-refractivity contribution in [3.05, 3.63) is 57.4 Å². The van der Waals surface area contributed by atoms with Crippen LogP contribution in [0.5, 0.6) is 0 Å².